The van der Waals surface area contributed by atoms with Crippen molar-refractivity contribution < 1.29 is 19.2 Å². The van der Waals surface area contributed by atoms with Crippen molar-refractivity contribution in [1.29, 1.82) is 0 Å². The van der Waals surface area contributed by atoms with E-state index in [1.54, 1.807) is 24.0 Å². The van der Waals surface area contributed by atoms with Crippen LogP contribution in [-0.4, -0.2) is 65.9 Å². The summed E-state index contributed by atoms with van der Waals surface area (Å²) in [6, 6.07) is 10.4. The van der Waals surface area contributed by atoms with Gasteiger partial charge in [-0.25, -0.2) is 0 Å². The summed E-state index contributed by atoms with van der Waals surface area (Å²) in [5.74, 6) is -0.233. The van der Waals surface area contributed by atoms with Crippen LogP contribution in [0.15, 0.2) is 36.4 Å². The molecule has 1 aliphatic heterocycles. The quantitative estimate of drug-likeness (QED) is 0.524. The first-order chi connectivity index (χ1) is 15.2. The minimum absolute atomic E-state index is 0.0859. The largest absolute Gasteiger partial charge is 0.477 e. The van der Waals surface area contributed by atoms with Crippen molar-refractivity contribution in [1.82, 2.24) is 9.80 Å². The normalized spacial score (nSPS) is 14.2. The van der Waals surface area contributed by atoms with Crippen LogP contribution in [0.2, 0.25) is 0 Å². The van der Waals surface area contributed by atoms with Gasteiger partial charge in [0.2, 0.25) is 5.91 Å². The number of para-hydroxylation sites is 1. The Morgan fingerprint density at radius 3 is 2.34 bits per heavy atom. The number of ether oxygens (including phenoxy) is 1. The van der Waals surface area contributed by atoms with E-state index >= 15 is 0 Å². The highest BCUT2D eigenvalue weighted by Crippen LogP contribution is 2.27. The number of carbonyl (C=O) groups is 2. The molecule has 0 saturated carbocycles. The van der Waals surface area contributed by atoms with E-state index < -0.39 is 4.92 Å². The van der Waals surface area contributed by atoms with Crippen molar-refractivity contribution in [3.63, 3.8) is 0 Å². The number of hydrogen-bond acceptors (Lipinski definition) is 6. The second kappa shape index (κ2) is 10.2. The molecular weight excluding hydrogens is 412 g/mol. The van der Waals surface area contributed by atoms with Crippen molar-refractivity contribution in [2.45, 2.75) is 20.8 Å². The van der Waals surface area contributed by atoms with Crippen LogP contribution >= 0.6 is 0 Å². The van der Waals surface area contributed by atoms with Gasteiger partial charge in [-0.2, -0.15) is 0 Å². The number of nitrogens with one attached hydrogen (secondary N) is 1. The van der Waals surface area contributed by atoms with E-state index in [9.17, 15) is 19.7 Å². The zero-order chi connectivity index (χ0) is 23.3. The molecule has 1 fully saturated rings. The fourth-order valence-electron chi connectivity index (χ4n) is 3.67. The molecule has 1 heterocycles. The zero-order valence-corrected chi connectivity index (χ0v) is 18.6. The Morgan fingerprint density at radius 1 is 1.06 bits per heavy atom. The zero-order valence-electron chi connectivity index (χ0n) is 18.6. The van der Waals surface area contributed by atoms with Crippen LogP contribution in [0.3, 0.4) is 0 Å². The van der Waals surface area contributed by atoms with E-state index in [0.717, 1.165) is 22.4 Å². The lowest BCUT2D eigenvalue weighted by Gasteiger charge is -2.34. The Kier molecular flexibility index (Phi) is 7.42. The van der Waals surface area contributed by atoms with Crippen molar-refractivity contribution in [3.8, 4) is 5.75 Å². The van der Waals surface area contributed by atoms with Crippen LogP contribution < -0.4 is 10.1 Å². The number of hydrogen-bond donors (Lipinski definition) is 1. The highest BCUT2D eigenvalue weighted by molar-refractivity contribution is 5.93. The molecule has 1 aliphatic rings. The number of anilines is 1. The molecule has 2 aromatic rings. The van der Waals surface area contributed by atoms with Crippen LogP contribution in [-0.2, 0) is 9.59 Å². The number of benzene rings is 2. The number of amides is 2. The number of rotatable bonds is 7. The Hall–Kier alpha value is -3.46. The molecule has 170 valence electrons. The molecule has 32 heavy (non-hydrogen) atoms. The first-order valence-electron chi connectivity index (χ1n) is 10.5. The van der Waals surface area contributed by atoms with Gasteiger partial charge >= 0.3 is 5.69 Å². The summed E-state index contributed by atoms with van der Waals surface area (Å²) in [6.07, 6.45) is 0. The number of carbonyl (C=O) groups excluding carboxylic acids is 2. The van der Waals surface area contributed by atoms with E-state index in [-0.39, 0.29) is 36.4 Å². The molecule has 0 radical (unpaired) electrons. The lowest BCUT2D eigenvalue weighted by molar-refractivity contribution is -0.385. The smallest absolute Gasteiger partial charge is 0.310 e. The van der Waals surface area contributed by atoms with Gasteiger partial charge in [-0.15, -0.1) is 0 Å². The van der Waals surface area contributed by atoms with Crippen molar-refractivity contribution >= 4 is 23.2 Å². The van der Waals surface area contributed by atoms with Gasteiger partial charge in [0, 0.05) is 37.9 Å². The highest BCUT2D eigenvalue weighted by Gasteiger charge is 2.24. The fraction of sp³-hybridized carbons (Fsp3) is 0.391. The van der Waals surface area contributed by atoms with E-state index in [1.807, 2.05) is 36.9 Å². The standard InChI is InChI=1S/C23H28N4O5/c1-16-7-8-19(27(30)31)20(13-16)32-15-22(29)26-11-9-25(10-12-26)14-21(28)24-23-17(2)5-4-6-18(23)3/h4-8,13H,9-12,14-15H2,1-3H3,(H,24,28). The second-order valence-electron chi connectivity index (χ2n) is 7.99. The number of nitro groups is 1. The molecule has 0 unspecified atom stereocenters. The predicted molar refractivity (Wildman–Crippen MR) is 121 cm³/mol. The first-order valence-corrected chi connectivity index (χ1v) is 10.5. The molecule has 0 aliphatic carbocycles. The molecule has 9 heteroatoms. The maximum absolute atomic E-state index is 12.5. The maximum atomic E-state index is 12.5. The van der Waals surface area contributed by atoms with E-state index in [1.165, 1.54) is 6.07 Å². The summed E-state index contributed by atoms with van der Waals surface area (Å²) < 4.78 is 5.46. The Balaban J connectivity index is 1.47. The molecule has 2 amide bonds. The minimum atomic E-state index is -0.526. The maximum Gasteiger partial charge on any atom is 0.310 e. The van der Waals surface area contributed by atoms with Gasteiger partial charge < -0.3 is 15.0 Å². The van der Waals surface area contributed by atoms with Gasteiger partial charge in [-0.1, -0.05) is 24.3 Å². The fourth-order valence-corrected chi connectivity index (χ4v) is 3.67. The Bertz CT molecular complexity index is 995. The van der Waals surface area contributed by atoms with Gasteiger partial charge in [0.15, 0.2) is 12.4 Å². The third kappa shape index (κ3) is 5.82. The van der Waals surface area contributed by atoms with Crippen molar-refractivity contribution in [3.05, 3.63) is 63.2 Å². The molecule has 1 N–H and O–H groups in total. The van der Waals surface area contributed by atoms with E-state index in [2.05, 4.69) is 5.32 Å². The minimum Gasteiger partial charge on any atom is -0.477 e. The van der Waals surface area contributed by atoms with Crippen LogP contribution in [0, 0.1) is 30.9 Å². The number of aryl methyl sites for hydroxylation is 3. The second-order valence-corrected chi connectivity index (χ2v) is 7.99. The van der Waals surface area contributed by atoms with E-state index in [4.69, 9.17) is 4.74 Å². The molecular formula is C23H28N4O5. The highest BCUT2D eigenvalue weighted by atomic mass is 16.6. The molecule has 2 aromatic carbocycles. The van der Waals surface area contributed by atoms with Crippen LogP contribution in [0.25, 0.3) is 0 Å². The van der Waals surface area contributed by atoms with Crippen molar-refractivity contribution in [2.75, 3.05) is 44.6 Å². The summed E-state index contributed by atoms with van der Waals surface area (Å²) in [5, 5.41) is 14.1. The third-order valence-electron chi connectivity index (χ3n) is 5.50. The molecule has 9 nitrogen and oxygen atoms in total. The van der Waals surface area contributed by atoms with Crippen LogP contribution in [0.1, 0.15) is 16.7 Å². The number of nitro benzene ring substituents is 1. The van der Waals surface area contributed by atoms with Gasteiger partial charge in [0.1, 0.15) is 0 Å². The van der Waals surface area contributed by atoms with Crippen molar-refractivity contribution in [2.24, 2.45) is 0 Å². The number of nitrogens with zero attached hydrogens (tertiary/aromatic N) is 3. The van der Waals surface area contributed by atoms with E-state index in [0.29, 0.717) is 26.2 Å². The molecule has 0 spiro atoms. The molecule has 0 bridgehead atoms. The average molecular weight is 441 g/mol. The Morgan fingerprint density at radius 2 is 1.72 bits per heavy atom. The number of piperazine rings is 1. The summed E-state index contributed by atoms with van der Waals surface area (Å²) in [7, 11) is 0. The van der Waals surface area contributed by atoms with Crippen LogP contribution in [0.4, 0.5) is 11.4 Å². The topological polar surface area (TPSA) is 105 Å². The lowest BCUT2D eigenvalue weighted by atomic mass is 10.1. The third-order valence-corrected chi connectivity index (χ3v) is 5.50. The Labute approximate surface area is 187 Å². The monoisotopic (exact) mass is 440 g/mol. The average Bonchev–Trinajstić information content (AvgIpc) is 2.75. The molecule has 1 saturated heterocycles. The van der Waals surface area contributed by atoms with Crippen LogP contribution in [0.5, 0.6) is 5.75 Å². The lowest BCUT2D eigenvalue weighted by Crippen LogP contribution is -2.51. The molecule has 0 aromatic heterocycles. The summed E-state index contributed by atoms with van der Waals surface area (Å²) in [6.45, 7) is 7.77. The van der Waals surface area contributed by atoms with Gasteiger partial charge in [0.25, 0.3) is 5.91 Å². The van der Waals surface area contributed by atoms with Gasteiger partial charge in [-0.3, -0.25) is 24.6 Å². The van der Waals surface area contributed by atoms with Gasteiger partial charge in [0.05, 0.1) is 11.5 Å². The molecule has 3 rings (SSSR count). The van der Waals surface area contributed by atoms with Gasteiger partial charge in [-0.05, 0) is 43.5 Å². The summed E-state index contributed by atoms with van der Waals surface area (Å²) >= 11 is 0. The summed E-state index contributed by atoms with van der Waals surface area (Å²) in [4.78, 5) is 39.3. The SMILES string of the molecule is Cc1ccc([N+](=O)[O-])c(OCC(=O)N2CCN(CC(=O)Nc3c(C)cccc3C)CC2)c1. The first kappa shape index (κ1) is 23.2. The predicted octanol–water partition coefficient (Wildman–Crippen LogP) is 2.68. The molecule has 0 atom stereocenters. The summed E-state index contributed by atoms with van der Waals surface area (Å²) in [5.41, 5.74) is 3.52.